The van der Waals surface area contributed by atoms with E-state index < -0.39 is 0 Å². The molecular weight excluding hydrogens is 346 g/mol. The number of nitrogens with zero attached hydrogens (tertiary/aromatic N) is 2. The first-order valence-corrected chi connectivity index (χ1v) is 9.76. The molecule has 4 atom stereocenters. The molecule has 4 aliphatic heterocycles. The Bertz CT molecular complexity index is 812. The van der Waals surface area contributed by atoms with Gasteiger partial charge in [-0.15, -0.1) is 0 Å². The van der Waals surface area contributed by atoms with E-state index in [1.54, 1.807) is 4.90 Å². The molecule has 0 aliphatic carbocycles. The van der Waals surface area contributed by atoms with Gasteiger partial charge in [0.15, 0.2) is 0 Å². The molecule has 5 rings (SSSR count). The van der Waals surface area contributed by atoms with Crippen molar-refractivity contribution in [2.45, 2.75) is 31.5 Å². The third-order valence-corrected chi connectivity index (χ3v) is 6.89. The van der Waals surface area contributed by atoms with Crippen molar-refractivity contribution in [3.05, 3.63) is 29.3 Å². The lowest BCUT2D eigenvalue weighted by molar-refractivity contribution is 0.00154. The number of carbonyl (C=O) groups excluding carboxylic acids is 2. The molecule has 2 N–H and O–H groups in total. The molecule has 27 heavy (non-hydrogen) atoms. The number of fused-ring (bicyclic) bond motifs is 1. The Balaban J connectivity index is 1.40. The normalized spacial score (nSPS) is 34.3. The van der Waals surface area contributed by atoms with Gasteiger partial charge in [0.05, 0.1) is 18.2 Å². The van der Waals surface area contributed by atoms with Crippen LogP contribution in [0.2, 0.25) is 0 Å². The van der Waals surface area contributed by atoms with Gasteiger partial charge in [0.25, 0.3) is 5.91 Å². The summed E-state index contributed by atoms with van der Waals surface area (Å²) in [7, 11) is 0. The molecule has 4 heterocycles. The summed E-state index contributed by atoms with van der Waals surface area (Å²) in [5.74, 6) is 0.335. The number of amides is 3. The van der Waals surface area contributed by atoms with E-state index in [1.807, 2.05) is 30.0 Å². The topological polar surface area (TPSA) is 82.1 Å². The van der Waals surface area contributed by atoms with Crippen LogP contribution >= 0.6 is 0 Å². The second-order valence-electron chi connectivity index (χ2n) is 8.28. The molecule has 7 heteroatoms. The Morgan fingerprint density at radius 3 is 3.04 bits per heavy atom. The van der Waals surface area contributed by atoms with Crippen LogP contribution in [0.25, 0.3) is 0 Å². The molecule has 0 aromatic heterocycles. The lowest BCUT2D eigenvalue weighted by Crippen LogP contribution is -2.38. The molecule has 144 valence electrons. The smallest absolute Gasteiger partial charge is 0.322 e. The van der Waals surface area contributed by atoms with Gasteiger partial charge in [-0.05, 0) is 37.5 Å². The van der Waals surface area contributed by atoms with E-state index in [4.69, 9.17) is 4.74 Å². The molecule has 1 aromatic rings. The molecule has 3 amide bonds. The van der Waals surface area contributed by atoms with Gasteiger partial charge in [0.2, 0.25) is 0 Å². The van der Waals surface area contributed by atoms with Crippen LogP contribution in [0.1, 0.15) is 28.8 Å². The van der Waals surface area contributed by atoms with E-state index in [2.05, 4.69) is 5.32 Å². The molecule has 1 spiro atoms. The van der Waals surface area contributed by atoms with E-state index in [0.29, 0.717) is 31.7 Å². The van der Waals surface area contributed by atoms with Crippen molar-refractivity contribution in [2.24, 2.45) is 11.8 Å². The zero-order valence-corrected chi connectivity index (χ0v) is 15.5. The highest BCUT2D eigenvalue weighted by molar-refractivity contribution is 5.99. The van der Waals surface area contributed by atoms with Crippen LogP contribution in [0, 0.1) is 18.8 Å². The van der Waals surface area contributed by atoms with Crippen LogP contribution in [0.3, 0.4) is 0 Å². The van der Waals surface area contributed by atoms with Crippen molar-refractivity contribution in [3.63, 3.8) is 0 Å². The fourth-order valence-corrected chi connectivity index (χ4v) is 5.51. The summed E-state index contributed by atoms with van der Waals surface area (Å²) in [5, 5.41) is 12.6. The third kappa shape index (κ3) is 2.41. The van der Waals surface area contributed by atoms with Crippen LogP contribution in [-0.2, 0) is 4.74 Å². The Hall–Kier alpha value is -2.12. The number of anilines is 1. The Morgan fingerprint density at radius 2 is 2.30 bits per heavy atom. The van der Waals surface area contributed by atoms with E-state index in [-0.39, 0.29) is 42.1 Å². The number of likely N-dealkylation sites (tertiary alicyclic amines) is 1. The fraction of sp³-hybridized carbons (Fsp3) is 0.600. The zero-order valence-electron chi connectivity index (χ0n) is 15.5. The van der Waals surface area contributed by atoms with Crippen LogP contribution in [0.15, 0.2) is 18.2 Å². The standard InChI is InChI=1S/C20H25N3O4/c1-12-2-3-13(8-16(12)23-7-6-21-19(23)26)18(25)22-9-15-14(10-24)17-4-5-20(15,11-22)27-17/h2-3,8,14-15,17,24H,4-7,9-11H2,1H3,(H,21,26)/t14-,15+,17+,20+/m1/s1. The third-order valence-electron chi connectivity index (χ3n) is 6.89. The van der Waals surface area contributed by atoms with Crippen LogP contribution < -0.4 is 10.2 Å². The number of aliphatic hydroxyl groups excluding tert-OH is 1. The molecular formula is C20H25N3O4. The largest absolute Gasteiger partial charge is 0.396 e. The number of carbonyl (C=O) groups is 2. The SMILES string of the molecule is Cc1ccc(C(=O)N2C[C@H]3[C@@H](CO)[C@@H]4CC[C@@]3(C2)O4)cc1N1CCNC1=O. The highest BCUT2D eigenvalue weighted by atomic mass is 16.5. The van der Waals surface area contributed by atoms with Gasteiger partial charge in [-0.3, -0.25) is 9.69 Å². The minimum absolute atomic E-state index is 0.0247. The monoisotopic (exact) mass is 371 g/mol. The average Bonchev–Trinajstić information content (AvgIpc) is 3.41. The summed E-state index contributed by atoms with van der Waals surface area (Å²) < 4.78 is 6.23. The predicted molar refractivity (Wildman–Crippen MR) is 98.7 cm³/mol. The van der Waals surface area contributed by atoms with E-state index in [1.165, 1.54) is 0 Å². The van der Waals surface area contributed by atoms with E-state index >= 15 is 0 Å². The minimum Gasteiger partial charge on any atom is -0.396 e. The van der Waals surface area contributed by atoms with Gasteiger partial charge in [0, 0.05) is 49.3 Å². The first kappa shape index (κ1) is 17.0. The summed E-state index contributed by atoms with van der Waals surface area (Å²) in [4.78, 5) is 28.8. The maximum Gasteiger partial charge on any atom is 0.322 e. The highest BCUT2D eigenvalue weighted by Crippen LogP contribution is 2.54. The number of hydrogen-bond acceptors (Lipinski definition) is 4. The molecule has 2 bridgehead atoms. The number of benzene rings is 1. The summed E-state index contributed by atoms with van der Waals surface area (Å²) in [6, 6.07) is 5.45. The Morgan fingerprint density at radius 1 is 1.44 bits per heavy atom. The minimum atomic E-state index is -0.268. The fourth-order valence-electron chi connectivity index (χ4n) is 5.51. The molecule has 0 saturated carbocycles. The van der Waals surface area contributed by atoms with Gasteiger partial charge < -0.3 is 20.1 Å². The van der Waals surface area contributed by atoms with Crippen LogP contribution in [-0.4, -0.2) is 66.4 Å². The van der Waals surface area contributed by atoms with Gasteiger partial charge >= 0.3 is 6.03 Å². The zero-order chi connectivity index (χ0) is 18.8. The summed E-state index contributed by atoms with van der Waals surface area (Å²) in [6.07, 6.45) is 2.09. The van der Waals surface area contributed by atoms with Crippen molar-refractivity contribution in [3.8, 4) is 0 Å². The van der Waals surface area contributed by atoms with Gasteiger partial charge in [-0.2, -0.15) is 0 Å². The first-order valence-electron chi connectivity index (χ1n) is 9.76. The first-order chi connectivity index (χ1) is 13.0. The molecule has 0 radical (unpaired) electrons. The van der Waals surface area contributed by atoms with Gasteiger partial charge in [-0.1, -0.05) is 6.07 Å². The predicted octanol–water partition coefficient (Wildman–Crippen LogP) is 1.14. The maximum absolute atomic E-state index is 13.2. The molecule has 4 aliphatic rings. The van der Waals surface area contributed by atoms with Crippen LogP contribution in [0.4, 0.5) is 10.5 Å². The van der Waals surface area contributed by atoms with Crippen molar-refractivity contribution in [2.75, 3.05) is 37.7 Å². The number of rotatable bonds is 3. The van der Waals surface area contributed by atoms with E-state index in [0.717, 1.165) is 24.1 Å². The summed E-state index contributed by atoms with van der Waals surface area (Å²) in [6.45, 7) is 4.53. The molecule has 0 unspecified atom stereocenters. The van der Waals surface area contributed by atoms with Crippen molar-refractivity contribution >= 4 is 17.6 Å². The highest BCUT2D eigenvalue weighted by Gasteiger charge is 2.63. The van der Waals surface area contributed by atoms with Crippen LogP contribution in [0.5, 0.6) is 0 Å². The molecule has 4 saturated heterocycles. The number of aliphatic hydroxyl groups is 1. The Kier molecular flexibility index (Phi) is 3.74. The summed E-state index contributed by atoms with van der Waals surface area (Å²) >= 11 is 0. The number of ether oxygens (including phenoxy) is 1. The van der Waals surface area contributed by atoms with E-state index in [9.17, 15) is 14.7 Å². The van der Waals surface area contributed by atoms with Crippen molar-refractivity contribution in [1.82, 2.24) is 10.2 Å². The molecule has 1 aromatic carbocycles. The lowest BCUT2D eigenvalue weighted by Gasteiger charge is -2.27. The molecule has 4 fully saturated rings. The Labute approximate surface area is 158 Å². The van der Waals surface area contributed by atoms with Gasteiger partial charge in [-0.25, -0.2) is 4.79 Å². The number of urea groups is 1. The van der Waals surface area contributed by atoms with Gasteiger partial charge in [0.1, 0.15) is 0 Å². The van der Waals surface area contributed by atoms with Crippen molar-refractivity contribution in [1.29, 1.82) is 0 Å². The van der Waals surface area contributed by atoms with Crippen molar-refractivity contribution < 1.29 is 19.4 Å². The maximum atomic E-state index is 13.2. The number of nitrogens with one attached hydrogen (secondary N) is 1. The quantitative estimate of drug-likeness (QED) is 0.835. The second-order valence-corrected chi connectivity index (χ2v) is 8.28. The lowest BCUT2D eigenvalue weighted by atomic mass is 9.74. The number of aryl methyl sites for hydroxylation is 1. The average molecular weight is 371 g/mol. The second kappa shape index (κ2) is 5.94. The molecule has 7 nitrogen and oxygen atoms in total. The number of hydrogen-bond donors (Lipinski definition) is 2. The summed E-state index contributed by atoms with van der Waals surface area (Å²) in [5.41, 5.74) is 2.10.